The number of amides is 1. The molecule has 0 saturated heterocycles. The zero-order valence-electron chi connectivity index (χ0n) is 9.52. The largest absolute Gasteiger partial charge is 0.381 e. The number of carbonyl (C=O) groups is 1. The third kappa shape index (κ3) is 5.51. The van der Waals surface area contributed by atoms with Gasteiger partial charge in [-0.2, -0.15) is 0 Å². The molecule has 1 N–H and O–H groups in total. The van der Waals surface area contributed by atoms with Crippen molar-refractivity contribution in [2.45, 2.75) is 12.8 Å². The Kier molecular flexibility index (Phi) is 6.26. The lowest BCUT2D eigenvalue weighted by Crippen LogP contribution is -2.22. The van der Waals surface area contributed by atoms with Gasteiger partial charge in [0.05, 0.1) is 6.61 Å². The molecule has 0 fully saturated rings. The van der Waals surface area contributed by atoms with Gasteiger partial charge in [-0.1, -0.05) is 30.9 Å². The van der Waals surface area contributed by atoms with Gasteiger partial charge >= 0.3 is 0 Å². The van der Waals surface area contributed by atoms with Crippen LogP contribution in [-0.4, -0.2) is 25.7 Å². The number of allylic oxidation sites excluding steroid dienone is 2. The van der Waals surface area contributed by atoms with Gasteiger partial charge in [-0.3, -0.25) is 4.79 Å². The minimum absolute atomic E-state index is 0.109. The summed E-state index contributed by atoms with van der Waals surface area (Å²) in [4.78, 5) is 10.8. The van der Waals surface area contributed by atoms with E-state index in [0.29, 0.717) is 12.5 Å². The number of hydrogen-bond donors (Lipinski definition) is 1. The summed E-state index contributed by atoms with van der Waals surface area (Å²) in [7, 11) is 0. The fourth-order valence-corrected chi connectivity index (χ4v) is 1.42. The number of ether oxygens (including phenoxy) is 1. The second kappa shape index (κ2) is 7.88. The standard InChI is InChI=1S/C13H19NO2/c1-2-13(15)14-9-5-6-10-16-11-12-7-3-4-8-12/h2-4,7-8,12H,1,5-6,9-11H2,(H,14,15). The number of unbranched alkanes of at least 4 members (excludes halogenated alkanes) is 1. The van der Waals surface area contributed by atoms with Crippen LogP contribution in [0.1, 0.15) is 12.8 Å². The molecule has 0 aromatic rings. The maximum absolute atomic E-state index is 10.8. The van der Waals surface area contributed by atoms with Gasteiger partial charge in [0.15, 0.2) is 0 Å². The molecule has 0 saturated carbocycles. The molecule has 0 spiro atoms. The van der Waals surface area contributed by atoms with E-state index in [1.165, 1.54) is 6.08 Å². The quantitative estimate of drug-likeness (QED) is 0.501. The highest BCUT2D eigenvalue weighted by Gasteiger charge is 2.02. The van der Waals surface area contributed by atoms with Crippen molar-refractivity contribution in [3.05, 3.63) is 37.0 Å². The molecule has 0 bridgehead atoms. The third-order valence-corrected chi connectivity index (χ3v) is 2.34. The van der Waals surface area contributed by atoms with Crippen LogP contribution in [-0.2, 0) is 9.53 Å². The Labute approximate surface area is 96.9 Å². The molecule has 0 atom stereocenters. The summed E-state index contributed by atoms with van der Waals surface area (Å²) in [5.41, 5.74) is 0. The number of nitrogens with one attached hydrogen (secondary N) is 1. The molecule has 1 aliphatic rings. The van der Waals surface area contributed by atoms with Crippen molar-refractivity contribution in [3.63, 3.8) is 0 Å². The van der Waals surface area contributed by atoms with Gasteiger partial charge in [-0.05, 0) is 18.9 Å². The molecule has 1 rings (SSSR count). The van der Waals surface area contributed by atoms with E-state index in [2.05, 4.69) is 24.0 Å². The van der Waals surface area contributed by atoms with E-state index in [0.717, 1.165) is 26.1 Å². The summed E-state index contributed by atoms with van der Waals surface area (Å²) >= 11 is 0. The average molecular weight is 221 g/mol. The molecule has 1 amide bonds. The third-order valence-electron chi connectivity index (χ3n) is 2.34. The van der Waals surface area contributed by atoms with E-state index in [1.54, 1.807) is 0 Å². The summed E-state index contributed by atoms with van der Waals surface area (Å²) in [5.74, 6) is 0.336. The fraction of sp³-hybridized carbons (Fsp3) is 0.462. The molecular weight excluding hydrogens is 202 g/mol. The highest BCUT2D eigenvalue weighted by Crippen LogP contribution is 2.08. The molecule has 0 aromatic heterocycles. The monoisotopic (exact) mass is 221 g/mol. The van der Waals surface area contributed by atoms with Gasteiger partial charge < -0.3 is 10.1 Å². The van der Waals surface area contributed by atoms with Crippen molar-refractivity contribution in [1.29, 1.82) is 0 Å². The van der Waals surface area contributed by atoms with Crippen molar-refractivity contribution >= 4 is 5.91 Å². The molecule has 1 aliphatic carbocycles. The first kappa shape index (κ1) is 12.7. The molecule has 0 heterocycles. The molecule has 0 unspecified atom stereocenters. The molecule has 0 radical (unpaired) electrons. The van der Waals surface area contributed by atoms with E-state index in [1.807, 2.05) is 12.2 Å². The van der Waals surface area contributed by atoms with E-state index >= 15 is 0 Å². The summed E-state index contributed by atoms with van der Waals surface area (Å²) in [6, 6.07) is 0. The van der Waals surface area contributed by atoms with Crippen LogP contribution in [0.3, 0.4) is 0 Å². The maximum Gasteiger partial charge on any atom is 0.243 e. The molecule has 0 aromatic carbocycles. The first-order valence-corrected chi connectivity index (χ1v) is 5.66. The molecule has 16 heavy (non-hydrogen) atoms. The lowest BCUT2D eigenvalue weighted by atomic mass is 10.2. The van der Waals surface area contributed by atoms with Gasteiger partial charge in [0.2, 0.25) is 5.91 Å². The number of hydrogen-bond acceptors (Lipinski definition) is 2. The first-order valence-electron chi connectivity index (χ1n) is 5.66. The fourth-order valence-electron chi connectivity index (χ4n) is 1.42. The highest BCUT2D eigenvalue weighted by atomic mass is 16.5. The van der Waals surface area contributed by atoms with Crippen molar-refractivity contribution in [1.82, 2.24) is 5.32 Å². The summed E-state index contributed by atoms with van der Waals surface area (Å²) < 4.78 is 5.52. The summed E-state index contributed by atoms with van der Waals surface area (Å²) in [5, 5.41) is 2.73. The molecule has 88 valence electrons. The summed E-state index contributed by atoms with van der Waals surface area (Å²) in [6.07, 6.45) is 11.5. The second-order valence-electron chi connectivity index (χ2n) is 3.71. The summed E-state index contributed by atoms with van der Waals surface area (Å²) in [6.45, 7) is 5.58. The van der Waals surface area contributed by atoms with Crippen LogP contribution < -0.4 is 5.32 Å². The Morgan fingerprint density at radius 2 is 2.12 bits per heavy atom. The predicted octanol–water partition coefficient (Wildman–Crippen LogP) is 1.83. The normalized spacial score (nSPS) is 14.2. The van der Waals surface area contributed by atoms with Crippen LogP contribution in [0.4, 0.5) is 0 Å². The molecular formula is C13H19NO2. The number of rotatable bonds is 8. The Hall–Kier alpha value is -1.35. The number of carbonyl (C=O) groups excluding carboxylic acids is 1. The highest BCUT2D eigenvalue weighted by molar-refractivity contribution is 5.86. The van der Waals surface area contributed by atoms with Crippen molar-refractivity contribution in [2.75, 3.05) is 19.8 Å². The predicted molar refractivity (Wildman–Crippen MR) is 65.0 cm³/mol. The maximum atomic E-state index is 10.8. The average Bonchev–Trinajstić information content (AvgIpc) is 2.80. The van der Waals surface area contributed by atoms with Gasteiger partial charge in [-0.15, -0.1) is 0 Å². The van der Waals surface area contributed by atoms with Gasteiger partial charge in [0.1, 0.15) is 0 Å². The van der Waals surface area contributed by atoms with Crippen LogP contribution in [0, 0.1) is 5.92 Å². The lowest BCUT2D eigenvalue weighted by Gasteiger charge is -2.07. The zero-order valence-corrected chi connectivity index (χ0v) is 9.52. The lowest BCUT2D eigenvalue weighted by molar-refractivity contribution is -0.116. The minimum Gasteiger partial charge on any atom is -0.381 e. The van der Waals surface area contributed by atoms with Crippen molar-refractivity contribution < 1.29 is 9.53 Å². The van der Waals surface area contributed by atoms with Crippen LogP contribution >= 0.6 is 0 Å². The SMILES string of the molecule is C=CC(=O)NCCCCOCC1C=CC=C1. The van der Waals surface area contributed by atoms with E-state index < -0.39 is 0 Å². The van der Waals surface area contributed by atoms with E-state index in [9.17, 15) is 4.79 Å². The Morgan fingerprint density at radius 3 is 2.81 bits per heavy atom. The second-order valence-corrected chi connectivity index (χ2v) is 3.71. The first-order chi connectivity index (χ1) is 7.83. The molecule has 0 aliphatic heterocycles. The van der Waals surface area contributed by atoms with Gasteiger partial charge in [-0.25, -0.2) is 0 Å². The molecule has 3 heteroatoms. The Bertz CT molecular complexity index is 270. The zero-order chi connectivity index (χ0) is 11.6. The van der Waals surface area contributed by atoms with Gasteiger partial charge in [0, 0.05) is 19.1 Å². The van der Waals surface area contributed by atoms with Gasteiger partial charge in [0.25, 0.3) is 0 Å². The Morgan fingerprint density at radius 1 is 1.38 bits per heavy atom. The van der Waals surface area contributed by atoms with E-state index in [4.69, 9.17) is 4.74 Å². The van der Waals surface area contributed by atoms with Crippen LogP contribution in [0.15, 0.2) is 37.0 Å². The van der Waals surface area contributed by atoms with Crippen molar-refractivity contribution in [2.24, 2.45) is 5.92 Å². The van der Waals surface area contributed by atoms with Crippen LogP contribution in [0.5, 0.6) is 0 Å². The minimum atomic E-state index is -0.109. The van der Waals surface area contributed by atoms with Crippen LogP contribution in [0.2, 0.25) is 0 Å². The van der Waals surface area contributed by atoms with Crippen LogP contribution in [0.25, 0.3) is 0 Å². The Balaban J connectivity index is 1.84. The molecule has 3 nitrogen and oxygen atoms in total. The van der Waals surface area contributed by atoms with Crippen molar-refractivity contribution in [3.8, 4) is 0 Å². The van der Waals surface area contributed by atoms with E-state index in [-0.39, 0.29) is 5.91 Å². The topological polar surface area (TPSA) is 38.3 Å². The smallest absolute Gasteiger partial charge is 0.243 e.